The molecule has 0 spiro atoms. The van der Waals surface area contributed by atoms with Crippen molar-refractivity contribution in [3.05, 3.63) is 22.4 Å². The van der Waals surface area contributed by atoms with Gasteiger partial charge in [0.25, 0.3) is 0 Å². The molecule has 0 amide bonds. The Kier molecular flexibility index (Phi) is 4.42. The molecule has 1 unspecified atom stereocenters. The third-order valence-electron chi connectivity index (χ3n) is 1.72. The normalized spacial score (nSPS) is 13.5. The Morgan fingerprint density at radius 1 is 1.54 bits per heavy atom. The van der Waals surface area contributed by atoms with E-state index in [0.29, 0.717) is 6.61 Å². The zero-order valence-corrected chi connectivity index (χ0v) is 9.01. The molecule has 0 aliphatic heterocycles. The first kappa shape index (κ1) is 10.7. The van der Waals surface area contributed by atoms with E-state index in [-0.39, 0.29) is 12.1 Å². The summed E-state index contributed by atoms with van der Waals surface area (Å²) < 4.78 is 5.43. The van der Waals surface area contributed by atoms with Gasteiger partial charge in [0.05, 0.1) is 12.7 Å². The molecule has 1 aromatic rings. The molecular formula is C10H17NOS. The van der Waals surface area contributed by atoms with E-state index in [1.807, 2.05) is 13.8 Å². The zero-order valence-electron chi connectivity index (χ0n) is 8.19. The van der Waals surface area contributed by atoms with E-state index in [1.54, 1.807) is 11.3 Å². The van der Waals surface area contributed by atoms with Gasteiger partial charge in [0, 0.05) is 6.04 Å². The molecule has 0 bridgehead atoms. The molecule has 0 fully saturated rings. The number of ether oxygens (including phenoxy) is 1. The first-order valence-electron chi connectivity index (χ1n) is 4.56. The number of thiophene rings is 1. The maximum absolute atomic E-state index is 5.89. The number of hydrogen-bond donors (Lipinski definition) is 1. The van der Waals surface area contributed by atoms with Gasteiger partial charge in [-0.05, 0) is 42.7 Å². The van der Waals surface area contributed by atoms with Crippen LogP contribution in [-0.4, -0.2) is 18.8 Å². The minimum Gasteiger partial charge on any atom is -0.377 e. The molecule has 0 aromatic carbocycles. The molecule has 2 nitrogen and oxygen atoms in total. The van der Waals surface area contributed by atoms with Crippen molar-refractivity contribution in [3.8, 4) is 0 Å². The van der Waals surface area contributed by atoms with Crippen LogP contribution in [0.5, 0.6) is 0 Å². The molecular weight excluding hydrogens is 182 g/mol. The molecule has 0 aliphatic carbocycles. The molecule has 3 heteroatoms. The van der Waals surface area contributed by atoms with Gasteiger partial charge in [-0.2, -0.15) is 11.3 Å². The fourth-order valence-corrected chi connectivity index (χ4v) is 1.77. The van der Waals surface area contributed by atoms with Crippen LogP contribution in [0.25, 0.3) is 0 Å². The summed E-state index contributed by atoms with van der Waals surface area (Å²) in [5.74, 6) is 0. The zero-order chi connectivity index (χ0) is 9.68. The van der Waals surface area contributed by atoms with Crippen molar-refractivity contribution >= 4 is 11.3 Å². The first-order chi connectivity index (χ1) is 6.18. The van der Waals surface area contributed by atoms with Gasteiger partial charge < -0.3 is 10.5 Å². The maximum Gasteiger partial charge on any atom is 0.0624 e. The van der Waals surface area contributed by atoms with Gasteiger partial charge >= 0.3 is 0 Å². The summed E-state index contributed by atoms with van der Waals surface area (Å²) in [5.41, 5.74) is 7.20. The quantitative estimate of drug-likeness (QED) is 0.787. The van der Waals surface area contributed by atoms with Crippen LogP contribution in [0.2, 0.25) is 0 Å². The number of nitrogens with two attached hydrogens (primary N) is 1. The van der Waals surface area contributed by atoms with Crippen LogP contribution in [0, 0.1) is 0 Å². The van der Waals surface area contributed by atoms with E-state index in [9.17, 15) is 0 Å². The number of rotatable bonds is 5. The van der Waals surface area contributed by atoms with Gasteiger partial charge in [0.1, 0.15) is 0 Å². The average molecular weight is 199 g/mol. The Morgan fingerprint density at radius 3 is 2.85 bits per heavy atom. The lowest BCUT2D eigenvalue weighted by atomic mass is 10.1. The van der Waals surface area contributed by atoms with Crippen molar-refractivity contribution in [2.45, 2.75) is 32.4 Å². The van der Waals surface area contributed by atoms with Crippen LogP contribution in [0.3, 0.4) is 0 Å². The van der Waals surface area contributed by atoms with Crippen molar-refractivity contribution in [2.24, 2.45) is 5.73 Å². The van der Waals surface area contributed by atoms with Crippen molar-refractivity contribution in [1.29, 1.82) is 0 Å². The van der Waals surface area contributed by atoms with E-state index in [4.69, 9.17) is 10.5 Å². The summed E-state index contributed by atoms with van der Waals surface area (Å²) in [7, 11) is 0. The second-order valence-electron chi connectivity index (χ2n) is 3.48. The fourth-order valence-electron chi connectivity index (χ4n) is 1.09. The monoisotopic (exact) mass is 199 g/mol. The molecule has 0 saturated heterocycles. The largest absolute Gasteiger partial charge is 0.377 e. The van der Waals surface area contributed by atoms with Crippen LogP contribution >= 0.6 is 11.3 Å². The first-order valence-corrected chi connectivity index (χ1v) is 5.51. The van der Waals surface area contributed by atoms with E-state index in [0.717, 1.165) is 6.42 Å². The third kappa shape index (κ3) is 4.41. The highest BCUT2D eigenvalue weighted by atomic mass is 32.1. The lowest BCUT2D eigenvalue weighted by Crippen LogP contribution is -2.29. The minimum atomic E-state index is 0.122. The summed E-state index contributed by atoms with van der Waals surface area (Å²) in [5, 5.41) is 4.21. The average Bonchev–Trinajstić information content (AvgIpc) is 2.53. The molecule has 1 atom stereocenters. The summed E-state index contributed by atoms with van der Waals surface area (Å²) in [4.78, 5) is 0. The minimum absolute atomic E-state index is 0.122. The third-order valence-corrected chi connectivity index (χ3v) is 2.45. The molecule has 1 rings (SSSR count). The maximum atomic E-state index is 5.89. The predicted octanol–water partition coefficient (Wildman–Crippen LogP) is 2.04. The Bertz CT molecular complexity index is 221. The van der Waals surface area contributed by atoms with Gasteiger partial charge in [-0.25, -0.2) is 0 Å². The van der Waals surface area contributed by atoms with E-state index in [1.165, 1.54) is 5.56 Å². The van der Waals surface area contributed by atoms with Crippen LogP contribution in [-0.2, 0) is 11.2 Å². The summed E-state index contributed by atoms with van der Waals surface area (Å²) in [6.07, 6.45) is 1.18. The van der Waals surface area contributed by atoms with E-state index in [2.05, 4.69) is 16.8 Å². The highest BCUT2D eigenvalue weighted by Gasteiger charge is 2.05. The Morgan fingerprint density at radius 2 is 2.31 bits per heavy atom. The Labute approximate surface area is 83.7 Å². The molecule has 1 heterocycles. The van der Waals surface area contributed by atoms with Crippen molar-refractivity contribution in [3.63, 3.8) is 0 Å². The summed E-state index contributed by atoms with van der Waals surface area (Å²) in [6.45, 7) is 4.70. The predicted molar refractivity (Wildman–Crippen MR) is 57.1 cm³/mol. The van der Waals surface area contributed by atoms with Crippen LogP contribution < -0.4 is 5.73 Å². The van der Waals surface area contributed by atoms with E-state index >= 15 is 0 Å². The topological polar surface area (TPSA) is 35.2 Å². The SMILES string of the molecule is CC(C)OCC(N)Cc1ccsc1. The van der Waals surface area contributed by atoms with Crippen molar-refractivity contribution < 1.29 is 4.74 Å². The lowest BCUT2D eigenvalue weighted by molar-refractivity contribution is 0.0684. The van der Waals surface area contributed by atoms with Crippen LogP contribution in [0.15, 0.2) is 16.8 Å². The second kappa shape index (κ2) is 5.37. The van der Waals surface area contributed by atoms with Crippen LogP contribution in [0.4, 0.5) is 0 Å². The van der Waals surface area contributed by atoms with Crippen molar-refractivity contribution in [2.75, 3.05) is 6.61 Å². The van der Waals surface area contributed by atoms with Crippen molar-refractivity contribution in [1.82, 2.24) is 0 Å². The standard InChI is InChI=1S/C10H17NOS/c1-8(2)12-6-10(11)5-9-3-4-13-7-9/h3-4,7-8,10H,5-6,11H2,1-2H3. The molecule has 0 aliphatic rings. The summed E-state index contributed by atoms with van der Waals surface area (Å²) >= 11 is 1.71. The highest BCUT2D eigenvalue weighted by Crippen LogP contribution is 2.08. The van der Waals surface area contributed by atoms with Gasteiger partial charge in [0.15, 0.2) is 0 Å². The van der Waals surface area contributed by atoms with Gasteiger partial charge in [-0.15, -0.1) is 0 Å². The molecule has 74 valence electrons. The second-order valence-corrected chi connectivity index (χ2v) is 4.26. The summed E-state index contributed by atoms with van der Waals surface area (Å²) in [6, 6.07) is 2.23. The van der Waals surface area contributed by atoms with Gasteiger partial charge in [-0.1, -0.05) is 0 Å². The molecule has 0 radical (unpaired) electrons. The Hall–Kier alpha value is -0.380. The highest BCUT2D eigenvalue weighted by molar-refractivity contribution is 7.07. The van der Waals surface area contributed by atoms with E-state index < -0.39 is 0 Å². The molecule has 2 N–H and O–H groups in total. The fraction of sp³-hybridized carbons (Fsp3) is 0.600. The lowest BCUT2D eigenvalue weighted by Gasteiger charge is -2.13. The smallest absolute Gasteiger partial charge is 0.0624 e. The van der Waals surface area contributed by atoms with Crippen LogP contribution in [0.1, 0.15) is 19.4 Å². The van der Waals surface area contributed by atoms with Gasteiger partial charge in [0.2, 0.25) is 0 Å². The molecule has 0 saturated carbocycles. The number of hydrogen-bond acceptors (Lipinski definition) is 3. The van der Waals surface area contributed by atoms with Gasteiger partial charge in [-0.3, -0.25) is 0 Å². The molecule has 13 heavy (non-hydrogen) atoms. The Balaban J connectivity index is 2.22. The molecule has 1 aromatic heterocycles.